The van der Waals surface area contributed by atoms with Gasteiger partial charge in [0, 0.05) is 32.4 Å². The Balaban J connectivity index is 2.71. The van der Waals surface area contributed by atoms with Gasteiger partial charge in [0.2, 0.25) is 0 Å². The molecule has 110 valence electrons. The SMILES string of the molecule is CCOC(=O)/C(C#N)=C1/CCCC(=NCCCOC)N1. The lowest BCUT2D eigenvalue weighted by molar-refractivity contribution is -0.138. The molecule has 0 amide bonds. The molecule has 0 saturated carbocycles. The van der Waals surface area contributed by atoms with Crippen molar-refractivity contribution in [1.29, 1.82) is 5.26 Å². The third kappa shape index (κ3) is 5.02. The molecule has 1 aliphatic rings. The zero-order valence-corrected chi connectivity index (χ0v) is 12.1. The Kier molecular flexibility index (Phi) is 7.36. The first-order valence-electron chi connectivity index (χ1n) is 6.82. The molecule has 6 nitrogen and oxygen atoms in total. The first-order chi connectivity index (χ1) is 9.72. The maximum absolute atomic E-state index is 11.7. The third-order valence-corrected chi connectivity index (χ3v) is 2.84. The van der Waals surface area contributed by atoms with Crippen molar-refractivity contribution in [2.75, 3.05) is 26.9 Å². The number of carbonyl (C=O) groups is 1. The summed E-state index contributed by atoms with van der Waals surface area (Å²) in [6.45, 7) is 3.32. The molecule has 1 N–H and O–H groups in total. The number of ether oxygens (including phenoxy) is 2. The van der Waals surface area contributed by atoms with Gasteiger partial charge < -0.3 is 14.8 Å². The lowest BCUT2D eigenvalue weighted by Gasteiger charge is -2.20. The van der Waals surface area contributed by atoms with Gasteiger partial charge in [-0.3, -0.25) is 4.99 Å². The van der Waals surface area contributed by atoms with Crippen LogP contribution in [0.1, 0.15) is 32.6 Å². The highest BCUT2D eigenvalue weighted by atomic mass is 16.5. The number of carbonyl (C=O) groups excluding carboxylic acids is 1. The normalized spacial score (nSPS) is 19.1. The van der Waals surface area contributed by atoms with Crippen LogP contribution in [0.4, 0.5) is 0 Å². The van der Waals surface area contributed by atoms with Crippen LogP contribution in [0, 0.1) is 11.3 Å². The summed E-state index contributed by atoms with van der Waals surface area (Å²) in [6.07, 6.45) is 3.22. The number of hydrogen-bond acceptors (Lipinski definition) is 5. The number of methoxy groups -OCH3 is 1. The van der Waals surface area contributed by atoms with Crippen LogP contribution in [0.2, 0.25) is 0 Å². The van der Waals surface area contributed by atoms with Crippen LogP contribution >= 0.6 is 0 Å². The first kappa shape index (κ1) is 16.2. The first-order valence-corrected chi connectivity index (χ1v) is 6.82. The van der Waals surface area contributed by atoms with E-state index in [4.69, 9.17) is 14.7 Å². The average Bonchev–Trinajstić information content (AvgIpc) is 2.45. The largest absolute Gasteiger partial charge is 0.462 e. The van der Waals surface area contributed by atoms with Gasteiger partial charge in [0.15, 0.2) is 5.57 Å². The van der Waals surface area contributed by atoms with Crippen LogP contribution in [0.15, 0.2) is 16.3 Å². The number of nitrogens with one attached hydrogen (secondary N) is 1. The predicted octanol–water partition coefficient (Wildman–Crippen LogP) is 1.54. The van der Waals surface area contributed by atoms with Crippen LogP contribution in [-0.4, -0.2) is 38.7 Å². The maximum atomic E-state index is 11.7. The minimum atomic E-state index is -0.571. The van der Waals surface area contributed by atoms with E-state index in [0.29, 0.717) is 25.3 Å². The van der Waals surface area contributed by atoms with Crippen molar-refractivity contribution < 1.29 is 14.3 Å². The lowest BCUT2D eigenvalue weighted by Crippen LogP contribution is -2.30. The number of allylic oxidation sites excluding steroid dienone is 1. The number of esters is 1. The van der Waals surface area contributed by atoms with E-state index in [-0.39, 0.29) is 12.2 Å². The van der Waals surface area contributed by atoms with Crippen molar-refractivity contribution in [3.05, 3.63) is 11.3 Å². The summed E-state index contributed by atoms with van der Waals surface area (Å²) >= 11 is 0. The monoisotopic (exact) mass is 279 g/mol. The summed E-state index contributed by atoms with van der Waals surface area (Å²) in [6, 6.07) is 1.92. The number of aliphatic imine (C=N–C) groups is 1. The predicted molar refractivity (Wildman–Crippen MR) is 75.1 cm³/mol. The van der Waals surface area contributed by atoms with E-state index in [1.807, 2.05) is 6.07 Å². The van der Waals surface area contributed by atoms with Crippen LogP contribution in [0.5, 0.6) is 0 Å². The molecule has 1 rings (SSSR count). The van der Waals surface area contributed by atoms with Crippen molar-refractivity contribution in [2.24, 2.45) is 4.99 Å². The van der Waals surface area contributed by atoms with E-state index in [9.17, 15) is 4.79 Å². The van der Waals surface area contributed by atoms with Gasteiger partial charge >= 0.3 is 5.97 Å². The Morgan fingerprint density at radius 2 is 2.30 bits per heavy atom. The summed E-state index contributed by atoms with van der Waals surface area (Å²) in [5.74, 6) is 0.248. The molecule has 0 spiro atoms. The lowest BCUT2D eigenvalue weighted by atomic mass is 10.0. The molecule has 1 fully saturated rings. The van der Waals surface area contributed by atoms with Gasteiger partial charge in [0.25, 0.3) is 0 Å². The Morgan fingerprint density at radius 1 is 1.50 bits per heavy atom. The fourth-order valence-corrected chi connectivity index (χ4v) is 1.90. The molecule has 1 heterocycles. The maximum Gasteiger partial charge on any atom is 0.350 e. The van der Waals surface area contributed by atoms with Crippen LogP contribution < -0.4 is 5.32 Å². The van der Waals surface area contributed by atoms with E-state index in [0.717, 1.165) is 25.1 Å². The second-order valence-electron chi connectivity index (χ2n) is 4.34. The summed E-state index contributed by atoms with van der Waals surface area (Å²) in [5, 5.41) is 12.2. The van der Waals surface area contributed by atoms with E-state index < -0.39 is 5.97 Å². The van der Waals surface area contributed by atoms with Gasteiger partial charge in [0.05, 0.1) is 6.61 Å². The van der Waals surface area contributed by atoms with Gasteiger partial charge in [-0.05, 0) is 26.2 Å². The molecular weight excluding hydrogens is 258 g/mol. The number of rotatable bonds is 6. The Morgan fingerprint density at radius 3 is 2.95 bits per heavy atom. The van der Waals surface area contributed by atoms with Crippen LogP contribution in [-0.2, 0) is 14.3 Å². The number of hydrogen-bond donors (Lipinski definition) is 1. The summed E-state index contributed by atoms with van der Waals surface area (Å²) in [4.78, 5) is 16.1. The second kappa shape index (κ2) is 9.10. The van der Waals surface area contributed by atoms with Gasteiger partial charge in [-0.15, -0.1) is 0 Å². The molecule has 6 heteroatoms. The standard InChI is InChI=1S/C14H21N3O3/c1-3-20-14(18)11(10-15)12-6-4-7-13(17-12)16-8-5-9-19-2/h3-9H2,1-2H3,(H,16,17)/b12-11-. The zero-order valence-electron chi connectivity index (χ0n) is 12.1. The zero-order chi connectivity index (χ0) is 14.8. The fourth-order valence-electron chi connectivity index (χ4n) is 1.90. The van der Waals surface area contributed by atoms with Gasteiger partial charge in [-0.25, -0.2) is 4.79 Å². The highest BCUT2D eigenvalue weighted by Crippen LogP contribution is 2.17. The molecule has 1 saturated heterocycles. The third-order valence-electron chi connectivity index (χ3n) is 2.84. The Labute approximate surface area is 119 Å². The number of amidine groups is 1. The van der Waals surface area contributed by atoms with Crippen LogP contribution in [0.25, 0.3) is 0 Å². The van der Waals surface area contributed by atoms with E-state index in [2.05, 4.69) is 10.3 Å². The van der Waals surface area contributed by atoms with Crippen molar-refractivity contribution in [2.45, 2.75) is 32.6 Å². The fraction of sp³-hybridized carbons (Fsp3) is 0.643. The average molecular weight is 279 g/mol. The van der Waals surface area contributed by atoms with E-state index in [1.165, 1.54) is 0 Å². The highest BCUT2D eigenvalue weighted by molar-refractivity contribution is 5.95. The summed E-state index contributed by atoms with van der Waals surface area (Å²) < 4.78 is 9.84. The molecule has 0 aromatic carbocycles. The highest BCUT2D eigenvalue weighted by Gasteiger charge is 2.20. The smallest absolute Gasteiger partial charge is 0.350 e. The van der Waals surface area contributed by atoms with Crippen molar-refractivity contribution in [3.8, 4) is 6.07 Å². The minimum absolute atomic E-state index is 0.0520. The number of piperidine rings is 1. The second-order valence-corrected chi connectivity index (χ2v) is 4.34. The van der Waals surface area contributed by atoms with E-state index in [1.54, 1.807) is 14.0 Å². The molecule has 20 heavy (non-hydrogen) atoms. The molecule has 0 unspecified atom stereocenters. The topological polar surface area (TPSA) is 83.7 Å². The van der Waals surface area contributed by atoms with Gasteiger partial charge in [-0.1, -0.05) is 0 Å². The molecule has 0 radical (unpaired) electrons. The molecule has 0 aromatic rings. The van der Waals surface area contributed by atoms with Crippen molar-refractivity contribution in [1.82, 2.24) is 5.32 Å². The van der Waals surface area contributed by atoms with Crippen molar-refractivity contribution in [3.63, 3.8) is 0 Å². The Hall–Kier alpha value is -1.87. The summed E-state index contributed by atoms with van der Waals surface area (Å²) in [5.41, 5.74) is 0.666. The van der Waals surface area contributed by atoms with Gasteiger partial charge in [0.1, 0.15) is 11.9 Å². The molecule has 0 aromatic heterocycles. The van der Waals surface area contributed by atoms with E-state index >= 15 is 0 Å². The molecular formula is C14H21N3O3. The van der Waals surface area contributed by atoms with Gasteiger partial charge in [-0.2, -0.15) is 5.26 Å². The van der Waals surface area contributed by atoms with Crippen molar-refractivity contribution >= 4 is 11.8 Å². The van der Waals surface area contributed by atoms with Crippen LogP contribution in [0.3, 0.4) is 0 Å². The number of nitriles is 1. The molecule has 0 aliphatic carbocycles. The molecule has 0 atom stereocenters. The minimum Gasteiger partial charge on any atom is -0.462 e. The summed E-state index contributed by atoms with van der Waals surface area (Å²) in [7, 11) is 1.66. The Bertz CT molecular complexity index is 435. The molecule has 0 bridgehead atoms. The molecule has 1 aliphatic heterocycles. The number of nitrogens with zero attached hydrogens (tertiary/aromatic N) is 2. The quantitative estimate of drug-likeness (QED) is 0.345.